The summed E-state index contributed by atoms with van der Waals surface area (Å²) in [6.07, 6.45) is -3.23. The van der Waals surface area contributed by atoms with E-state index < -0.39 is 23.6 Å². The number of hydrogen-bond acceptors (Lipinski definition) is 6. The summed E-state index contributed by atoms with van der Waals surface area (Å²) in [4.78, 5) is 29.0. The largest absolute Gasteiger partial charge is 0.494 e. The van der Waals surface area contributed by atoms with Crippen molar-refractivity contribution in [2.75, 3.05) is 13.7 Å². The Morgan fingerprint density at radius 1 is 0.932 bits per heavy atom. The number of carbonyl (C=O) groups is 2. The van der Waals surface area contributed by atoms with Crippen molar-refractivity contribution >= 4 is 29.0 Å². The van der Waals surface area contributed by atoms with Gasteiger partial charge in [-0.25, -0.2) is 10.2 Å². The van der Waals surface area contributed by atoms with Crippen molar-refractivity contribution in [3.8, 4) is 28.4 Å². The molecule has 1 aromatic heterocycles. The first-order chi connectivity index (χ1) is 21.2. The van der Waals surface area contributed by atoms with E-state index in [1.54, 1.807) is 6.07 Å². The molecule has 0 atom stereocenters. The fourth-order valence-electron chi connectivity index (χ4n) is 4.55. The number of halogens is 3. The van der Waals surface area contributed by atoms with Crippen LogP contribution in [0.3, 0.4) is 0 Å². The van der Waals surface area contributed by atoms with Gasteiger partial charge in [0.25, 0.3) is 5.91 Å². The Morgan fingerprint density at radius 2 is 1.73 bits per heavy atom. The molecule has 2 N–H and O–H groups in total. The zero-order valence-corrected chi connectivity index (χ0v) is 23.6. The molecule has 5 rings (SSSR count). The van der Waals surface area contributed by atoms with Crippen LogP contribution in [0.1, 0.15) is 38.9 Å². The van der Waals surface area contributed by atoms with Crippen LogP contribution in [0.2, 0.25) is 0 Å². The smallest absolute Gasteiger partial charge is 0.416 e. The lowest BCUT2D eigenvalue weighted by Crippen LogP contribution is -2.18. The van der Waals surface area contributed by atoms with Crippen LogP contribution >= 0.6 is 0 Å². The molecule has 224 valence electrons. The summed E-state index contributed by atoms with van der Waals surface area (Å²) in [5, 5.41) is 4.89. The predicted octanol–water partition coefficient (Wildman–Crippen LogP) is 7.24. The van der Waals surface area contributed by atoms with E-state index in [2.05, 4.69) is 15.5 Å². The lowest BCUT2D eigenvalue weighted by molar-refractivity contribution is -0.137. The summed E-state index contributed by atoms with van der Waals surface area (Å²) in [7, 11) is 1.34. The van der Waals surface area contributed by atoms with E-state index in [-0.39, 0.29) is 17.1 Å². The number of alkyl halides is 3. The second-order valence-corrected chi connectivity index (χ2v) is 9.46. The van der Waals surface area contributed by atoms with Gasteiger partial charge in [-0.15, -0.1) is 0 Å². The topological polar surface area (TPSA) is 102 Å². The standard InChI is InChI=1S/C33H26F3N3O5/c1-3-43-24-13-14-26-25(18-24)29(21-8-5-4-6-9-21)30(38-26)31(40)39-37-19-20-12-15-27(28(16-20)42-2)44-32(41)22-10-7-11-23(17-22)33(34,35)36/h4-19,38H,3H2,1-2H3,(H,39,40). The number of aromatic nitrogens is 1. The number of nitrogens with one attached hydrogen (secondary N) is 2. The maximum Gasteiger partial charge on any atom is 0.416 e. The van der Waals surface area contributed by atoms with Crippen LogP contribution in [-0.2, 0) is 6.18 Å². The summed E-state index contributed by atoms with van der Waals surface area (Å²) in [5.41, 5.74) is 4.38. The maximum absolute atomic E-state index is 13.3. The Kier molecular flexibility index (Phi) is 8.66. The van der Waals surface area contributed by atoms with Crippen molar-refractivity contribution in [3.63, 3.8) is 0 Å². The van der Waals surface area contributed by atoms with Gasteiger partial charge in [-0.05, 0) is 72.6 Å². The highest BCUT2D eigenvalue weighted by Crippen LogP contribution is 2.35. The van der Waals surface area contributed by atoms with Crippen molar-refractivity contribution in [2.24, 2.45) is 5.10 Å². The fourth-order valence-corrected chi connectivity index (χ4v) is 4.55. The molecule has 1 amide bonds. The summed E-state index contributed by atoms with van der Waals surface area (Å²) >= 11 is 0. The van der Waals surface area contributed by atoms with Crippen molar-refractivity contribution in [1.82, 2.24) is 10.4 Å². The molecule has 5 aromatic rings. The van der Waals surface area contributed by atoms with E-state index >= 15 is 0 Å². The first-order valence-corrected chi connectivity index (χ1v) is 13.4. The molecule has 8 nitrogen and oxygen atoms in total. The molecule has 0 radical (unpaired) electrons. The Bertz CT molecular complexity index is 1850. The van der Waals surface area contributed by atoms with Crippen molar-refractivity contribution in [2.45, 2.75) is 13.1 Å². The average molecular weight is 602 g/mol. The summed E-state index contributed by atoms with van der Waals surface area (Å²) < 4.78 is 55.4. The molecule has 0 spiro atoms. The second kappa shape index (κ2) is 12.7. The molecule has 0 aliphatic carbocycles. The number of carbonyl (C=O) groups excluding carboxylic acids is 2. The number of ether oxygens (including phenoxy) is 3. The third-order valence-corrected chi connectivity index (χ3v) is 6.57. The summed E-state index contributed by atoms with van der Waals surface area (Å²) in [6, 6.07) is 23.4. The molecule has 0 saturated carbocycles. The molecular formula is C33H26F3N3O5. The van der Waals surface area contributed by atoms with E-state index in [4.69, 9.17) is 14.2 Å². The Balaban J connectivity index is 1.34. The molecule has 1 heterocycles. The molecule has 0 saturated heterocycles. The van der Waals surface area contributed by atoms with Gasteiger partial charge in [-0.1, -0.05) is 36.4 Å². The lowest BCUT2D eigenvalue weighted by Gasteiger charge is -2.11. The second-order valence-electron chi connectivity index (χ2n) is 9.46. The fraction of sp³-hybridized carbons (Fsp3) is 0.121. The third kappa shape index (κ3) is 6.57. The van der Waals surface area contributed by atoms with Gasteiger partial charge in [-0.3, -0.25) is 4.79 Å². The molecule has 0 aliphatic heterocycles. The van der Waals surface area contributed by atoms with Gasteiger partial charge in [0.05, 0.1) is 31.1 Å². The van der Waals surface area contributed by atoms with Gasteiger partial charge in [0, 0.05) is 16.5 Å². The van der Waals surface area contributed by atoms with Gasteiger partial charge in [0.1, 0.15) is 11.4 Å². The SMILES string of the molecule is CCOc1ccc2[nH]c(C(=O)NN=Cc3ccc(OC(=O)c4cccc(C(F)(F)F)c4)c(OC)c3)c(-c3ccccc3)c2c1. The predicted molar refractivity (Wildman–Crippen MR) is 159 cm³/mol. The molecule has 0 aliphatic rings. The number of H-pyrrole nitrogens is 1. The number of benzene rings is 4. The zero-order chi connectivity index (χ0) is 31.3. The highest BCUT2D eigenvalue weighted by Gasteiger charge is 2.31. The van der Waals surface area contributed by atoms with E-state index in [0.717, 1.165) is 28.6 Å². The van der Waals surface area contributed by atoms with Gasteiger partial charge in [0.15, 0.2) is 11.5 Å². The number of aromatic amines is 1. The maximum atomic E-state index is 13.3. The Hall–Kier alpha value is -5.58. The summed E-state index contributed by atoms with van der Waals surface area (Å²) in [5.74, 6) is -0.656. The molecule has 0 unspecified atom stereocenters. The number of rotatable bonds is 9. The molecule has 44 heavy (non-hydrogen) atoms. The van der Waals surface area contributed by atoms with Crippen LogP contribution < -0.4 is 19.6 Å². The summed E-state index contributed by atoms with van der Waals surface area (Å²) in [6.45, 7) is 2.40. The average Bonchev–Trinajstić information content (AvgIpc) is 3.41. The highest BCUT2D eigenvalue weighted by molar-refractivity contribution is 6.10. The Morgan fingerprint density at radius 3 is 2.45 bits per heavy atom. The van der Waals surface area contributed by atoms with Crippen LogP contribution in [0.15, 0.2) is 96.1 Å². The van der Waals surface area contributed by atoms with Crippen LogP contribution in [0.4, 0.5) is 13.2 Å². The quantitative estimate of drug-likeness (QED) is 0.0803. The van der Waals surface area contributed by atoms with E-state index in [9.17, 15) is 22.8 Å². The number of amides is 1. The first kappa shape index (κ1) is 29.9. The number of fused-ring (bicyclic) bond motifs is 1. The normalized spacial score (nSPS) is 11.5. The van der Waals surface area contributed by atoms with E-state index in [1.807, 2.05) is 55.5 Å². The molecule has 11 heteroatoms. The molecule has 0 fully saturated rings. The van der Waals surface area contributed by atoms with Crippen LogP contribution in [0.5, 0.6) is 17.2 Å². The molecular weight excluding hydrogens is 575 g/mol. The number of methoxy groups -OCH3 is 1. The number of nitrogens with zero attached hydrogens (tertiary/aromatic N) is 1. The van der Waals surface area contributed by atoms with Gasteiger partial charge in [0.2, 0.25) is 0 Å². The van der Waals surface area contributed by atoms with Crippen LogP contribution in [0.25, 0.3) is 22.0 Å². The lowest BCUT2D eigenvalue weighted by atomic mass is 10.0. The molecule has 4 aromatic carbocycles. The minimum absolute atomic E-state index is 0.00639. The van der Waals surface area contributed by atoms with Gasteiger partial charge >= 0.3 is 12.1 Å². The number of esters is 1. The van der Waals surface area contributed by atoms with Crippen molar-refractivity contribution in [3.05, 3.63) is 113 Å². The minimum atomic E-state index is -4.60. The highest BCUT2D eigenvalue weighted by atomic mass is 19.4. The van der Waals surface area contributed by atoms with Crippen LogP contribution in [0, 0.1) is 0 Å². The number of hydrogen-bond donors (Lipinski definition) is 2. The monoisotopic (exact) mass is 601 g/mol. The number of hydrazone groups is 1. The van der Waals surface area contributed by atoms with Crippen molar-refractivity contribution in [1.29, 1.82) is 0 Å². The zero-order valence-electron chi connectivity index (χ0n) is 23.6. The first-order valence-electron chi connectivity index (χ1n) is 13.4. The van der Waals surface area contributed by atoms with E-state index in [0.29, 0.717) is 35.2 Å². The third-order valence-electron chi connectivity index (χ3n) is 6.57. The Labute approximate surface area is 250 Å². The molecule has 0 bridgehead atoms. The van der Waals surface area contributed by atoms with Gasteiger partial charge in [-0.2, -0.15) is 18.3 Å². The van der Waals surface area contributed by atoms with Gasteiger partial charge < -0.3 is 19.2 Å². The minimum Gasteiger partial charge on any atom is -0.494 e. The van der Waals surface area contributed by atoms with Crippen LogP contribution in [-0.4, -0.2) is 36.8 Å². The van der Waals surface area contributed by atoms with E-state index in [1.165, 1.54) is 31.5 Å². The van der Waals surface area contributed by atoms with Crippen molar-refractivity contribution < 1.29 is 37.0 Å².